The van der Waals surface area contributed by atoms with Crippen LogP contribution in [0.2, 0.25) is 5.02 Å². The molecule has 1 heterocycles. The number of hydrogen-bond donors (Lipinski definition) is 1. The smallest absolute Gasteiger partial charge is 0.224 e. The Morgan fingerprint density at radius 3 is 2.74 bits per heavy atom. The van der Waals surface area contributed by atoms with Gasteiger partial charge in [-0.3, -0.25) is 4.79 Å². The largest absolute Gasteiger partial charge is 0.497 e. The van der Waals surface area contributed by atoms with Crippen LogP contribution in [0.15, 0.2) is 53.1 Å². The fourth-order valence-corrected chi connectivity index (χ4v) is 2.49. The summed E-state index contributed by atoms with van der Waals surface area (Å²) in [5.74, 6) is 0.670. The van der Waals surface area contributed by atoms with Crippen LogP contribution in [0, 0.1) is 0 Å². The highest BCUT2D eigenvalue weighted by Gasteiger charge is 2.11. The van der Waals surface area contributed by atoms with Gasteiger partial charge in [-0.15, -0.1) is 0 Å². The molecule has 0 bridgehead atoms. The number of nitrogens with one attached hydrogen (secondary N) is 1. The van der Waals surface area contributed by atoms with E-state index in [1.807, 2.05) is 30.3 Å². The quantitative estimate of drug-likeness (QED) is 0.771. The Labute approximate surface area is 139 Å². The van der Waals surface area contributed by atoms with E-state index in [-0.39, 0.29) is 12.3 Å². The van der Waals surface area contributed by atoms with E-state index in [9.17, 15) is 4.79 Å². The van der Waals surface area contributed by atoms with Crippen molar-refractivity contribution in [3.63, 3.8) is 0 Å². The highest BCUT2D eigenvalue weighted by Crippen LogP contribution is 2.25. The van der Waals surface area contributed by atoms with E-state index in [0.717, 1.165) is 22.3 Å². The normalized spacial score (nSPS) is 10.7. The second-order valence-electron chi connectivity index (χ2n) is 5.20. The second-order valence-corrected chi connectivity index (χ2v) is 5.64. The zero-order chi connectivity index (χ0) is 16.2. The van der Waals surface area contributed by atoms with Crippen LogP contribution in [0.4, 0.5) is 0 Å². The van der Waals surface area contributed by atoms with Crippen molar-refractivity contribution in [2.45, 2.75) is 13.0 Å². The van der Waals surface area contributed by atoms with Crippen LogP contribution in [-0.4, -0.2) is 13.0 Å². The summed E-state index contributed by atoms with van der Waals surface area (Å²) in [5, 5.41) is 4.50. The summed E-state index contributed by atoms with van der Waals surface area (Å²) in [6, 6.07) is 13.0. The standard InChI is InChI=1S/C18H16ClNO3/c1-22-15-6-7-16-13(11-23-17(16)9-15)8-18(21)20-10-12-2-4-14(19)5-3-12/h2-7,9,11H,8,10H2,1H3,(H,20,21). The van der Waals surface area contributed by atoms with E-state index in [1.165, 1.54) is 0 Å². The van der Waals surface area contributed by atoms with E-state index >= 15 is 0 Å². The van der Waals surface area contributed by atoms with Crippen molar-refractivity contribution in [2.24, 2.45) is 0 Å². The lowest BCUT2D eigenvalue weighted by molar-refractivity contribution is -0.120. The molecule has 0 aliphatic rings. The van der Waals surface area contributed by atoms with Crippen LogP contribution in [0.5, 0.6) is 5.75 Å². The molecule has 0 spiro atoms. The molecule has 2 aromatic carbocycles. The van der Waals surface area contributed by atoms with E-state index < -0.39 is 0 Å². The molecule has 23 heavy (non-hydrogen) atoms. The Morgan fingerprint density at radius 1 is 1.22 bits per heavy atom. The molecule has 5 heteroatoms. The fourth-order valence-electron chi connectivity index (χ4n) is 2.37. The van der Waals surface area contributed by atoms with Gasteiger partial charge < -0.3 is 14.5 Å². The minimum atomic E-state index is -0.0570. The number of hydrogen-bond acceptors (Lipinski definition) is 3. The predicted molar refractivity (Wildman–Crippen MR) is 89.8 cm³/mol. The van der Waals surface area contributed by atoms with Crippen molar-refractivity contribution in [2.75, 3.05) is 7.11 Å². The molecule has 0 saturated heterocycles. The highest BCUT2D eigenvalue weighted by atomic mass is 35.5. The monoisotopic (exact) mass is 329 g/mol. The second kappa shape index (κ2) is 6.75. The molecular weight excluding hydrogens is 314 g/mol. The maximum atomic E-state index is 12.1. The summed E-state index contributed by atoms with van der Waals surface area (Å²) in [4.78, 5) is 12.1. The molecule has 1 N–H and O–H groups in total. The molecule has 0 atom stereocenters. The number of carbonyl (C=O) groups excluding carboxylic acids is 1. The molecule has 0 unspecified atom stereocenters. The van der Waals surface area contributed by atoms with Crippen LogP contribution in [0.1, 0.15) is 11.1 Å². The van der Waals surface area contributed by atoms with Gasteiger partial charge in [0.1, 0.15) is 11.3 Å². The molecule has 0 radical (unpaired) electrons. The highest BCUT2D eigenvalue weighted by molar-refractivity contribution is 6.30. The third-order valence-electron chi connectivity index (χ3n) is 3.62. The topological polar surface area (TPSA) is 51.5 Å². The maximum Gasteiger partial charge on any atom is 0.224 e. The van der Waals surface area contributed by atoms with Gasteiger partial charge in [-0.2, -0.15) is 0 Å². The van der Waals surface area contributed by atoms with Gasteiger partial charge in [0, 0.05) is 28.6 Å². The number of fused-ring (bicyclic) bond motifs is 1. The van der Waals surface area contributed by atoms with Crippen molar-refractivity contribution < 1.29 is 13.9 Å². The van der Waals surface area contributed by atoms with Gasteiger partial charge in [-0.1, -0.05) is 23.7 Å². The Balaban J connectivity index is 1.64. The van der Waals surface area contributed by atoms with Gasteiger partial charge in [0.05, 0.1) is 19.8 Å². The Morgan fingerprint density at radius 2 is 2.00 bits per heavy atom. The zero-order valence-corrected chi connectivity index (χ0v) is 13.4. The van der Waals surface area contributed by atoms with Crippen LogP contribution < -0.4 is 10.1 Å². The van der Waals surface area contributed by atoms with Crippen molar-refractivity contribution >= 4 is 28.5 Å². The predicted octanol–water partition coefficient (Wildman–Crippen LogP) is 3.95. The average Bonchev–Trinajstić information content (AvgIpc) is 2.96. The SMILES string of the molecule is COc1ccc2c(CC(=O)NCc3ccc(Cl)cc3)coc2c1. The summed E-state index contributed by atoms with van der Waals surface area (Å²) in [6.45, 7) is 0.472. The van der Waals surface area contributed by atoms with Crippen LogP contribution in [0.3, 0.4) is 0 Å². The van der Waals surface area contributed by atoms with Gasteiger partial charge in [0.15, 0.2) is 0 Å². The number of amides is 1. The molecule has 0 fully saturated rings. The third kappa shape index (κ3) is 3.66. The lowest BCUT2D eigenvalue weighted by atomic mass is 10.1. The lowest BCUT2D eigenvalue weighted by Crippen LogP contribution is -2.24. The number of furan rings is 1. The summed E-state index contributed by atoms with van der Waals surface area (Å²) in [7, 11) is 1.61. The van der Waals surface area contributed by atoms with E-state index in [1.54, 1.807) is 25.5 Å². The molecule has 3 rings (SSSR count). The average molecular weight is 330 g/mol. The van der Waals surface area contributed by atoms with Gasteiger partial charge in [0.25, 0.3) is 0 Å². The number of halogens is 1. The van der Waals surface area contributed by atoms with Crippen molar-refractivity contribution in [3.8, 4) is 5.75 Å². The zero-order valence-electron chi connectivity index (χ0n) is 12.6. The summed E-state index contributed by atoms with van der Waals surface area (Å²) < 4.78 is 10.7. The first kappa shape index (κ1) is 15.4. The molecule has 0 saturated carbocycles. The Hall–Kier alpha value is -2.46. The number of benzene rings is 2. The van der Waals surface area contributed by atoms with Crippen LogP contribution >= 0.6 is 11.6 Å². The molecule has 1 aromatic heterocycles. The van der Waals surface area contributed by atoms with E-state index in [2.05, 4.69) is 5.32 Å². The van der Waals surface area contributed by atoms with Crippen molar-refractivity contribution in [1.29, 1.82) is 0 Å². The van der Waals surface area contributed by atoms with Crippen LogP contribution in [-0.2, 0) is 17.8 Å². The Kier molecular flexibility index (Phi) is 4.53. The number of carbonyl (C=O) groups is 1. The molecule has 0 aliphatic carbocycles. The van der Waals surface area contributed by atoms with E-state index in [4.69, 9.17) is 20.8 Å². The van der Waals surface area contributed by atoms with Crippen LogP contribution in [0.25, 0.3) is 11.0 Å². The molecule has 1 amide bonds. The fraction of sp³-hybridized carbons (Fsp3) is 0.167. The first-order valence-corrected chi connectivity index (χ1v) is 7.59. The van der Waals surface area contributed by atoms with Gasteiger partial charge >= 0.3 is 0 Å². The van der Waals surface area contributed by atoms with Gasteiger partial charge in [-0.25, -0.2) is 0 Å². The minimum absolute atomic E-state index is 0.0570. The molecule has 4 nitrogen and oxygen atoms in total. The Bertz CT molecular complexity index is 824. The summed E-state index contributed by atoms with van der Waals surface area (Å²) in [6.07, 6.45) is 1.89. The number of ether oxygens (including phenoxy) is 1. The number of methoxy groups -OCH3 is 1. The molecule has 118 valence electrons. The lowest BCUT2D eigenvalue weighted by Gasteiger charge is -2.05. The first-order valence-electron chi connectivity index (χ1n) is 7.21. The maximum absolute atomic E-state index is 12.1. The third-order valence-corrected chi connectivity index (χ3v) is 3.87. The van der Waals surface area contributed by atoms with Crippen molar-refractivity contribution in [3.05, 3.63) is 64.9 Å². The first-order chi connectivity index (χ1) is 11.2. The number of rotatable bonds is 5. The molecule has 3 aromatic rings. The summed E-state index contributed by atoms with van der Waals surface area (Å²) >= 11 is 5.84. The van der Waals surface area contributed by atoms with E-state index in [0.29, 0.717) is 17.2 Å². The van der Waals surface area contributed by atoms with Gasteiger partial charge in [0.2, 0.25) is 5.91 Å². The van der Waals surface area contributed by atoms with Gasteiger partial charge in [-0.05, 0) is 29.8 Å². The van der Waals surface area contributed by atoms with Crippen molar-refractivity contribution in [1.82, 2.24) is 5.32 Å². The minimum Gasteiger partial charge on any atom is -0.497 e. The molecule has 0 aliphatic heterocycles. The summed E-state index contributed by atoms with van der Waals surface area (Å²) in [5.41, 5.74) is 2.57. The molecular formula is C18H16ClNO3.